The average molecular weight is 338 g/mol. The first-order chi connectivity index (χ1) is 9.42. The number of hydrogen-bond donors (Lipinski definition) is 1. The molecule has 0 radical (unpaired) electrons. The summed E-state index contributed by atoms with van der Waals surface area (Å²) in [7, 11) is 1.64. The lowest BCUT2D eigenvalue weighted by molar-refractivity contribution is 0.411. The highest BCUT2D eigenvalue weighted by Gasteiger charge is 2.15. The van der Waals surface area contributed by atoms with Crippen LogP contribution in [0.4, 0.5) is 4.39 Å². The van der Waals surface area contributed by atoms with E-state index in [1.807, 2.05) is 32.0 Å². The number of halogens is 2. The Hall–Kier alpha value is -1.39. The van der Waals surface area contributed by atoms with E-state index in [1.165, 1.54) is 12.1 Å². The smallest absolute Gasteiger partial charge is 0.124 e. The number of aryl methyl sites for hydroxylation is 2. The van der Waals surface area contributed by atoms with E-state index in [4.69, 9.17) is 10.5 Å². The maximum atomic E-state index is 13.5. The van der Waals surface area contributed by atoms with Crippen LogP contribution in [0.5, 0.6) is 5.75 Å². The van der Waals surface area contributed by atoms with Gasteiger partial charge in [0.15, 0.2) is 0 Å². The molecule has 0 bridgehead atoms. The second-order valence-corrected chi connectivity index (χ2v) is 5.77. The van der Waals surface area contributed by atoms with E-state index in [-0.39, 0.29) is 11.9 Å². The molecule has 0 aromatic heterocycles. The summed E-state index contributed by atoms with van der Waals surface area (Å²) < 4.78 is 19.5. The lowest BCUT2D eigenvalue weighted by Gasteiger charge is -2.18. The third-order valence-electron chi connectivity index (χ3n) is 3.36. The Labute approximate surface area is 126 Å². The predicted molar refractivity (Wildman–Crippen MR) is 82.6 cm³/mol. The van der Waals surface area contributed by atoms with Gasteiger partial charge in [0.2, 0.25) is 0 Å². The molecule has 2 nitrogen and oxygen atoms in total. The molecule has 2 aromatic carbocycles. The molecule has 0 heterocycles. The van der Waals surface area contributed by atoms with Crippen molar-refractivity contribution in [1.29, 1.82) is 0 Å². The Morgan fingerprint density at radius 1 is 1.10 bits per heavy atom. The minimum Gasteiger partial charge on any atom is -0.496 e. The van der Waals surface area contributed by atoms with Crippen LogP contribution in [-0.4, -0.2) is 7.11 Å². The molecule has 20 heavy (non-hydrogen) atoms. The molecule has 4 heteroatoms. The van der Waals surface area contributed by atoms with Crippen molar-refractivity contribution in [3.63, 3.8) is 0 Å². The zero-order chi connectivity index (χ0) is 14.9. The maximum Gasteiger partial charge on any atom is 0.124 e. The number of nitrogens with two attached hydrogens (primary N) is 1. The monoisotopic (exact) mass is 337 g/mol. The summed E-state index contributed by atoms with van der Waals surface area (Å²) in [6, 6.07) is 8.31. The molecule has 1 atom stereocenters. The van der Waals surface area contributed by atoms with E-state index < -0.39 is 0 Å². The molecule has 0 saturated carbocycles. The van der Waals surface area contributed by atoms with Crippen molar-refractivity contribution in [2.45, 2.75) is 19.9 Å². The van der Waals surface area contributed by atoms with E-state index in [2.05, 4.69) is 15.9 Å². The Morgan fingerprint density at radius 3 is 2.40 bits per heavy atom. The van der Waals surface area contributed by atoms with Crippen LogP contribution in [0, 0.1) is 19.7 Å². The zero-order valence-electron chi connectivity index (χ0n) is 11.7. The minimum atomic E-state index is -0.369. The standard InChI is InChI=1S/C16H17BrFNO/c1-9-5-15(20-3)10(2)4-14(9)16(19)11-6-12(17)8-13(18)7-11/h4-8,16H,19H2,1-3H3. The molecule has 0 amide bonds. The summed E-state index contributed by atoms with van der Waals surface area (Å²) in [5.41, 5.74) is 10.0. The second kappa shape index (κ2) is 5.94. The molecule has 0 spiro atoms. The Kier molecular flexibility index (Phi) is 4.45. The summed E-state index contributed by atoms with van der Waals surface area (Å²) >= 11 is 3.29. The molecular formula is C16H17BrFNO. The molecule has 2 rings (SSSR count). The number of methoxy groups -OCH3 is 1. The number of ether oxygens (including phenoxy) is 1. The van der Waals surface area contributed by atoms with Gasteiger partial charge in [0.25, 0.3) is 0 Å². The maximum absolute atomic E-state index is 13.5. The van der Waals surface area contributed by atoms with Gasteiger partial charge in [-0.1, -0.05) is 22.0 Å². The van der Waals surface area contributed by atoms with E-state index in [9.17, 15) is 4.39 Å². The van der Waals surface area contributed by atoms with Crippen LogP contribution in [0.1, 0.15) is 28.3 Å². The van der Waals surface area contributed by atoms with Crippen molar-refractivity contribution >= 4 is 15.9 Å². The van der Waals surface area contributed by atoms with Crippen LogP contribution >= 0.6 is 15.9 Å². The first-order valence-electron chi connectivity index (χ1n) is 6.29. The Morgan fingerprint density at radius 2 is 1.80 bits per heavy atom. The van der Waals surface area contributed by atoms with Crippen molar-refractivity contribution in [3.8, 4) is 5.75 Å². The van der Waals surface area contributed by atoms with Crippen molar-refractivity contribution in [3.05, 3.63) is 62.9 Å². The normalized spacial score (nSPS) is 12.3. The van der Waals surface area contributed by atoms with Crippen LogP contribution in [0.3, 0.4) is 0 Å². The van der Waals surface area contributed by atoms with Gasteiger partial charge in [-0.25, -0.2) is 4.39 Å². The molecule has 0 aliphatic heterocycles. The van der Waals surface area contributed by atoms with Crippen LogP contribution < -0.4 is 10.5 Å². The first-order valence-corrected chi connectivity index (χ1v) is 7.08. The van der Waals surface area contributed by atoms with Gasteiger partial charge in [-0.3, -0.25) is 0 Å². The van der Waals surface area contributed by atoms with Crippen LogP contribution in [0.2, 0.25) is 0 Å². The summed E-state index contributed by atoms with van der Waals surface area (Å²) in [6.07, 6.45) is 0. The summed E-state index contributed by atoms with van der Waals surface area (Å²) in [4.78, 5) is 0. The predicted octanol–water partition coefficient (Wildman–Crippen LogP) is 4.26. The largest absolute Gasteiger partial charge is 0.496 e. The fourth-order valence-electron chi connectivity index (χ4n) is 2.30. The number of rotatable bonds is 3. The zero-order valence-corrected chi connectivity index (χ0v) is 13.3. The summed E-state index contributed by atoms with van der Waals surface area (Å²) in [6.45, 7) is 3.95. The summed E-state index contributed by atoms with van der Waals surface area (Å²) in [5, 5.41) is 0. The van der Waals surface area contributed by atoms with Gasteiger partial charge >= 0.3 is 0 Å². The molecular weight excluding hydrogens is 321 g/mol. The van der Waals surface area contributed by atoms with E-state index >= 15 is 0 Å². The van der Waals surface area contributed by atoms with Crippen molar-refractivity contribution in [2.24, 2.45) is 5.73 Å². The number of hydrogen-bond acceptors (Lipinski definition) is 2. The van der Waals surface area contributed by atoms with E-state index in [1.54, 1.807) is 7.11 Å². The molecule has 0 saturated heterocycles. The average Bonchev–Trinajstić information content (AvgIpc) is 2.39. The van der Waals surface area contributed by atoms with Crippen molar-refractivity contribution < 1.29 is 9.13 Å². The van der Waals surface area contributed by atoms with Crippen molar-refractivity contribution in [1.82, 2.24) is 0 Å². The number of benzene rings is 2. The van der Waals surface area contributed by atoms with Gasteiger partial charge in [0.1, 0.15) is 11.6 Å². The molecule has 0 aliphatic carbocycles. The van der Waals surface area contributed by atoms with Crippen molar-refractivity contribution in [2.75, 3.05) is 7.11 Å². The molecule has 0 aliphatic rings. The Balaban J connectivity index is 2.47. The topological polar surface area (TPSA) is 35.2 Å². The molecule has 0 fully saturated rings. The van der Waals surface area contributed by atoms with E-state index in [0.717, 1.165) is 28.0 Å². The van der Waals surface area contributed by atoms with Crippen LogP contribution in [0.15, 0.2) is 34.8 Å². The van der Waals surface area contributed by atoms with Gasteiger partial charge < -0.3 is 10.5 Å². The SMILES string of the molecule is COc1cc(C)c(C(N)c2cc(F)cc(Br)c2)cc1C. The molecule has 1 unspecified atom stereocenters. The third-order valence-corrected chi connectivity index (χ3v) is 3.82. The van der Waals surface area contributed by atoms with Gasteiger partial charge in [-0.15, -0.1) is 0 Å². The lowest BCUT2D eigenvalue weighted by atomic mass is 9.94. The second-order valence-electron chi connectivity index (χ2n) is 4.86. The van der Waals surface area contributed by atoms with E-state index in [0.29, 0.717) is 4.47 Å². The lowest BCUT2D eigenvalue weighted by Crippen LogP contribution is -2.14. The fraction of sp³-hybridized carbons (Fsp3) is 0.250. The highest BCUT2D eigenvalue weighted by atomic mass is 79.9. The highest BCUT2D eigenvalue weighted by Crippen LogP contribution is 2.30. The van der Waals surface area contributed by atoms with Crippen LogP contribution in [-0.2, 0) is 0 Å². The Bertz CT molecular complexity index is 622. The minimum absolute atomic E-state index is 0.298. The first kappa shape index (κ1) is 15.0. The quantitative estimate of drug-likeness (QED) is 0.907. The molecule has 2 aromatic rings. The van der Waals surface area contributed by atoms with Gasteiger partial charge in [-0.05, 0) is 60.4 Å². The highest BCUT2D eigenvalue weighted by molar-refractivity contribution is 9.10. The van der Waals surface area contributed by atoms with Gasteiger partial charge in [-0.2, -0.15) is 0 Å². The van der Waals surface area contributed by atoms with Gasteiger partial charge in [0.05, 0.1) is 13.2 Å². The van der Waals surface area contributed by atoms with Crippen LogP contribution in [0.25, 0.3) is 0 Å². The molecule has 106 valence electrons. The van der Waals surface area contributed by atoms with Gasteiger partial charge in [0, 0.05) is 4.47 Å². The third kappa shape index (κ3) is 3.02. The molecule has 2 N–H and O–H groups in total. The summed E-state index contributed by atoms with van der Waals surface area (Å²) in [5.74, 6) is 0.534. The fourth-order valence-corrected chi connectivity index (χ4v) is 2.78.